The molecule has 1 aliphatic carbocycles. The molecule has 2 aromatic heterocycles. The molecular formula is C21H24Cl2FN7O. The van der Waals surface area contributed by atoms with Crippen molar-refractivity contribution in [2.75, 3.05) is 10.6 Å². The van der Waals surface area contributed by atoms with Crippen LogP contribution in [0.1, 0.15) is 45.6 Å². The fraction of sp³-hybridized carbons (Fsp3) is 0.429. The van der Waals surface area contributed by atoms with Gasteiger partial charge in [-0.2, -0.15) is 4.98 Å². The van der Waals surface area contributed by atoms with Crippen molar-refractivity contribution in [1.82, 2.24) is 19.5 Å². The third-order valence-corrected chi connectivity index (χ3v) is 6.15. The van der Waals surface area contributed by atoms with Gasteiger partial charge in [-0.3, -0.25) is 9.36 Å². The van der Waals surface area contributed by atoms with Crippen LogP contribution in [0.2, 0.25) is 10.0 Å². The lowest BCUT2D eigenvalue weighted by molar-refractivity contribution is -0.122. The molecule has 0 spiro atoms. The van der Waals surface area contributed by atoms with Crippen LogP contribution in [-0.4, -0.2) is 31.5 Å². The minimum atomic E-state index is -0.529. The van der Waals surface area contributed by atoms with Crippen molar-refractivity contribution in [1.29, 1.82) is 0 Å². The van der Waals surface area contributed by atoms with E-state index in [0.29, 0.717) is 41.6 Å². The van der Waals surface area contributed by atoms with Gasteiger partial charge in [0.05, 0.1) is 21.9 Å². The molecule has 1 aromatic carbocycles. The maximum atomic E-state index is 13.7. The first-order valence-electron chi connectivity index (χ1n) is 10.4. The number of carbonyl (C=O) groups is 1. The molecule has 1 amide bonds. The van der Waals surface area contributed by atoms with Gasteiger partial charge < -0.3 is 16.4 Å². The van der Waals surface area contributed by atoms with E-state index in [4.69, 9.17) is 28.9 Å². The summed E-state index contributed by atoms with van der Waals surface area (Å²) in [7, 11) is 0. The first-order chi connectivity index (χ1) is 15.2. The van der Waals surface area contributed by atoms with E-state index in [-0.39, 0.29) is 34.0 Å². The highest BCUT2D eigenvalue weighted by Gasteiger charge is 2.29. The predicted molar refractivity (Wildman–Crippen MR) is 124 cm³/mol. The lowest BCUT2D eigenvalue weighted by Crippen LogP contribution is -2.28. The summed E-state index contributed by atoms with van der Waals surface area (Å²) < 4.78 is 15.6. The second kappa shape index (κ2) is 9.07. The largest absolute Gasteiger partial charge is 0.369 e. The molecule has 0 radical (unpaired) electrons. The molecule has 4 N–H and O–H groups in total. The van der Waals surface area contributed by atoms with Crippen molar-refractivity contribution in [2.24, 2.45) is 11.7 Å². The molecule has 8 nitrogen and oxygen atoms in total. The number of hydrogen-bond donors (Lipinski definition) is 3. The Morgan fingerprint density at radius 2 is 1.84 bits per heavy atom. The monoisotopic (exact) mass is 479 g/mol. The number of fused-ring (bicyclic) bond motifs is 1. The Hall–Kier alpha value is -2.65. The van der Waals surface area contributed by atoms with Crippen LogP contribution < -0.4 is 16.4 Å². The minimum absolute atomic E-state index is 0.0258. The lowest BCUT2D eigenvalue weighted by atomic mass is 9.85. The molecule has 0 bridgehead atoms. The Morgan fingerprint density at radius 1 is 1.19 bits per heavy atom. The SMILES string of the molecule is CC(C)Nc1ncc2nc(Nc3c(Cl)cc(F)cc3Cl)n(C3CCC(C(N)=O)CC3)c2n1. The number of rotatable bonds is 6. The predicted octanol–water partition coefficient (Wildman–Crippen LogP) is 5.05. The molecule has 3 aromatic rings. The van der Waals surface area contributed by atoms with E-state index in [1.807, 2.05) is 18.4 Å². The normalized spacial score (nSPS) is 18.8. The van der Waals surface area contributed by atoms with Crippen LogP contribution in [0.3, 0.4) is 0 Å². The van der Waals surface area contributed by atoms with Gasteiger partial charge in [0.15, 0.2) is 5.65 Å². The number of benzene rings is 1. The number of halogens is 3. The first-order valence-corrected chi connectivity index (χ1v) is 11.2. The third kappa shape index (κ3) is 4.59. The molecule has 0 saturated heterocycles. The second-order valence-electron chi connectivity index (χ2n) is 8.28. The van der Waals surface area contributed by atoms with Crippen LogP contribution in [0.5, 0.6) is 0 Å². The highest BCUT2D eigenvalue weighted by atomic mass is 35.5. The van der Waals surface area contributed by atoms with Crippen molar-refractivity contribution >= 4 is 57.9 Å². The summed E-state index contributed by atoms with van der Waals surface area (Å²) in [6, 6.07) is 2.55. The fourth-order valence-corrected chi connectivity index (χ4v) is 4.60. The molecule has 0 aliphatic heterocycles. The Labute approximate surface area is 194 Å². The molecule has 1 saturated carbocycles. The maximum absolute atomic E-state index is 13.7. The molecule has 1 aliphatic rings. The lowest BCUT2D eigenvalue weighted by Gasteiger charge is -2.29. The van der Waals surface area contributed by atoms with Crippen LogP contribution in [0.4, 0.5) is 22.0 Å². The molecule has 170 valence electrons. The van der Waals surface area contributed by atoms with Crippen LogP contribution in [0.15, 0.2) is 18.3 Å². The number of nitrogens with zero attached hydrogens (tertiary/aromatic N) is 4. The molecule has 11 heteroatoms. The number of anilines is 3. The average molecular weight is 480 g/mol. The number of nitrogens with one attached hydrogen (secondary N) is 2. The van der Waals surface area contributed by atoms with Crippen molar-refractivity contribution in [3.05, 3.63) is 34.2 Å². The topological polar surface area (TPSA) is 111 Å². The summed E-state index contributed by atoms with van der Waals surface area (Å²) in [4.78, 5) is 25.3. The number of imidazole rings is 1. The van der Waals surface area contributed by atoms with Crippen LogP contribution in [0.25, 0.3) is 11.2 Å². The van der Waals surface area contributed by atoms with Gasteiger partial charge in [0.1, 0.15) is 11.3 Å². The van der Waals surface area contributed by atoms with E-state index < -0.39 is 5.82 Å². The van der Waals surface area contributed by atoms with Crippen molar-refractivity contribution in [3.8, 4) is 0 Å². The Bertz CT molecular complexity index is 1140. The number of nitrogens with two attached hydrogens (primary N) is 1. The smallest absolute Gasteiger partial charge is 0.224 e. The van der Waals surface area contributed by atoms with E-state index in [2.05, 4.69) is 25.6 Å². The standard InChI is InChI=1S/C21H24Cl2FN7O/c1-10(2)27-20-26-9-16-19(30-20)31(13-5-3-11(4-6-13)18(25)32)21(28-16)29-17-14(22)7-12(24)8-15(17)23/h7-11,13H,3-6H2,1-2H3,(H2,25,32)(H,28,29)(H,26,27,30). The van der Waals surface area contributed by atoms with E-state index in [9.17, 15) is 9.18 Å². The number of primary amides is 1. The summed E-state index contributed by atoms with van der Waals surface area (Å²) in [6.45, 7) is 4.00. The molecule has 32 heavy (non-hydrogen) atoms. The van der Waals surface area contributed by atoms with Crippen molar-refractivity contribution < 1.29 is 9.18 Å². The van der Waals surface area contributed by atoms with Crippen molar-refractivity contribution in [2.45, 2.75) is 51.6 Å². The van der Waals surface area contributed by atoms with Crippen LogP contribution >= 0.6 is 23.2 Å². The second-order valence-corrected chi connectivity index (χ2v) is 9.10. The fourth-order valence-electron chi connectivity index (χ4n) is 4.04. The zero-order valence-electron chi connectivity index (χ0n) is 17.7. The summed E-state index contributed by atoms with van der Waals surface area (Å²) in [5.41, 5.74) is 7.09. The van der Waals surface area contributed by atoms with Gasteiger partial charge in [-0.15, -0.1) is 0 Å². The Kier molecular flexibility index (Phi) is 6.39. The average Bonchev–Trinajstić information content (AvgIpc) is 3.07. The maximum Gasteiger partial charge on any atom is 0.224 e. The summed E-state index contributed by atoms with van der Waals surface area (Å²) in [6.07, 6.45) is 4.47. The number of amides is 1. The molecule has 4 rings (SSSR count). The summed E-state index contributed by atoms with van der Waals surface area (Å²) >= 11 is 12.5. The number of hydrogen-bond acceptors (Lipinski definition) is 6. The first kappa shape index (κ1) is 22.5. The van der Waals surface area contributed by atoms with Gasteiger partial charge in [0, 0.05) is 18.0 Å². The van der Waals surface area contributed by atoms with E-state index in [1.54, 1.807) is 6.20 Å². The van der Waals surface area contributed by atoms with Crippen molar-refractivity contribution in [3.63, 3.8) is 0 Å². The zero-order valence-corrected chi connectivity index (χ0v) is 19.2. The molecular weight excluding hydrogens is 456 g/mol. The highest BCUT2D eigenvalue weighted by Crippen LogP contribution is 2.39. The highest BCUT2D eigenvalue weighted by molar-refractivity contribution is 6.39. The quantitative estimate of drug-likeness (QED) is 0.455. The van der Waals surface area contributed by atoms with Gasteiger partial charge in [0.2, 0.25) is 17.8 Å². The summed E-state index contributed by atoms with van der Waals surface area (Å²) in [5.74, 6) is 0.0241. The van der Waals surface area contributed by atoms with E-state index in [1.165, 1.54) is 12.1 Å². The number of carbonyl (C=O) groups excluding carboxylic acids is 1. The minimum Gasteiger partial charge on any atom is -0.369 e. The van der Waals surface area contributed by atoms with Gasteiger partial charge in [-0.05, 0) is 51.7 Å². The molecule has 0 unspecified atom stereocenters. The van der Waals surface area contributed by atoms with Crippen LogP contribution in [0, 0.1) is 11.7 Å². The van der Waals surface area contributed by atoms with E-state index >= 15 is 0 Å². The Balaban J connectivity index is 1.78. The molecule has 1 fully saturated rings. The summed E-state index contributed by atoms with van der Waals surface area (Å²) in [5, 5.41) is 6.64. The van der Waals surface area contributed by atoms with Gasteiger partial charge in [-0.1, -0.05) is 23.2 Å². The molecule has 2 heterocycles. The Morgan fingerprint density at radius 3 is 2.44 bits per heavy atom. The number of aromatic nitrogens is 4. The molecule has 0 atom stereocenters. The van der Waals surface area contributed by atoms with Gasteiger partial charge >= 0.3 is 0 Å². The zero-order chi connectivity index (χ0) is 23.0. The van der Waals surface area contributed by atoms with Gasteiger partial charge in [0.25, 0.3) is 0 Å². The third-order valence-electron chi connectivity index (χ3n) is 5.56. The van der Waals surface area contributed by atoms with Crippen LogP contribution in [-0.2, 0) is 4.79 Å². The van der Waals surface area contributed by atoms with Gasteiger partial charge in [-0.25, -0.2) is 14.4 Å². The van der Waals surface area contributed by atoms with E-state index in [0.717, 1.165) is 12.8 Å².